The summed E-state index contributed by atoms with van der Waals surface area (Å²) in [5, 5.41) is 27.5. The zero-order valence-corrected chi connectivity index (χ0v) is 14.1. The number of rotatable bonds is 2. The Balaban J connectivity index is 1.63. The van der Waals surface area contributed by atoms with E-state index in [0.29, 0.717) is 0 Å². The molecular formula is C22H18O4. The summed E-state index contributed by atoms with van der Waals surface area (Å²) in [6, 6.07) is 19.1. The highest BCUT2D eigenvalue weighted by molar-refractivity contribution is 6.23. The van der Waals surface area contributed by atoms with Crippen LogP contribution in [0.15, 0.2) is 54.6 Å². The Morgan fingerprint density at radius 1 is 0.923 bits per heavy atom. The predicted octanol–water partition coefficient (Wildman–Crippen LogP) is 3.15. The van der Waals surface area contributed by atoms with Crippen LogP contribution in [0, 0.1) is 0 Å². The van der Waals surface area contributed by atoms with Crippen LogP contribution in [0.1, 0.15) is 11.7 Å². The van der Waals surface area contributed by atoms with Crippen LogP contribution in [0.4, 0.5) is 0 Å². The third-order valence-electron chi connectivity index (χ3n) is 6.17. The molecule has 2 aliphatic heterocycles. The van der Waals surface area contributed by atoms with Gasteiger partial charge in [0.05, 0.1) is 13.2 Å². The first kappa shape index (κ1) is 14.9. The van der Waals surface area contributed by atoms with E-state index in [-0.39, 0.29) is 19.3 Å². The predicted molar refractivity (Wildman–Crippen MR) is 99.5 cm³/mol. The molecule has 4 aromatic carbocycles. The number of ether oxygens (including phenoxy) is 2. The molecule has 2 saturated heterocycles. The lowest BCUT2D eigenvalue weighted by molar-refractivity contribution is -0.162. The molecule has 0 radical (unpaired) electrons. The van der Waals surface area contributed by atoms with Gasteiger partial charge in [-0.15, -0.1) is 0 Å². The van der Waals surface area contributed by atoms with Crippen LogP contribution in [0.2, 0.25) is 0 Å². The SMILES string of the molecule is OC[C@@]12CO[C@@H]([C@H](c3ccc4ccc5cccc6ccc3c4c56)O1)[C@@H]2O. The molecule has 2 fully saturated rings. The molecule has 130 valence electrons. The minimum atomic E-state index is -1.00. The molecule has 0 aliphatic carbocycles. The lowest BCUT2D eigenvalue weighted by Crippen LogP contribution is -2.43. The van der Waals surface area contributed by atoms with Gasteiger partial charge < -0.3 is 19.7 Å². The molecule has 2 aliphatic rings. The van der Waals surface area contributed by atoms with Crippen molar-refractivity contribution in [2.75, 3.05) is 13.2 Å². The second-order valence-electron chi connectivity index (χ2n) is 7.49. The van der Waals surface area contributed by atoms with Crippen molar-refractivity contribution in [1.29, 1.82) is 0 Å². The Bertz CT molecular complexity index is 1140. The number of fused-ring (bicyclic) bond motifs is 2. The quantitative estimate of drug-likeness (QED) is 0.548. The standard InChI is InChI=1S/C22H18O4/c23-10-22-11-25-20(21(22)24)19(26-22)16-9-7-14-5-4-12-2-1-3-13-6-8-15(16)18(14)17(12)13/h1-9,19-21,23-24H,10-11H2/t19-,20-,21-,22-/m0/s1. The summed E-state index contributed by atoms with van der Waals surface area (Å²) in [6.45, 7) is -0.00926. The van der Waals surface area contributed by atoms with Gasteiger partial charge in [-0.05, 0) is 37.9 Å². The number of hydrogen-bond acceptors (Lipinski definition) is 4. The van der Waals surface area contributed by atoms with Gasteiger partial charge in [0.2, 0.25) is 0 Å². The van der Waals surface area contributed by atoms with Crippen molar-refractivity contribution in [3.8, 4) is 0 Å². The van der Waals surface area contributed by atoms with Crippen LogP contribution in [-0.2, 0) is 9.47 Å². The summed E-state index contributed by atoms with van der Waals surface area (Å²) in [6.07, 6.45) is -1.63. The second-order valence-corrected chi connectivity index (χ2v) is 7.49. The van der Waals surface area contributed by atoms with Gasteiger partial charge in [0.1, 0.15) is 23.9 Å². The first-order chi connectivity index (χ1) is 12.7. The maximum atomic E-state index is 10.5. The minimum Gasteiger partial charge on any atom is -0.393 e. The summed E-state index contributed by atoms with van der Waals surface area (Å²) in [5.74, 6) is 0. The summed E-state index contributed by atoms with van der Waals surface area (Å²) in [7, 11) is 0. The average Bonchev–Trinajstić information content (AvgIpc) is 3.16. The first-order valence-electron chi connectivity index (χ1n) is 8.97. The van der Waals surface area contributed by atoms with Crippen molar-refractivity contribution in [2.45, 2.75) is 23.9 Å². The van der Waals surface area contributed by atoms with Crippen LogP contribution in [0.5, 0.6) is 0 Å². The third-order valence-corrected chi connectivity index (χ3v) is 6.17. The van der Waals surface area contributed by atoms with E-state index in [2.05, 4.69) is 54.6 Å². The lowest BCUT2D eigenvalue weighted by Gasteiger charge is -2.30. The zero-order chi connectivity index (χ0) is 17.5. The summed E-state index contributed by atoms with van der Waals surface area (Å²) in [5.41, 5.74) is 0.00841. The Labute approximate surface area is 149 Å². The largest absolute Gasteiger partial charge is 0.393 e. The summed E-state index contributed by atoms with van der Waals surface area (Å²) in [4.78, 5) is 0. The normalized spacial score (nSPS) is 30.9. The molecule has 0 spiro atoms. The highest BCUT2D eigenvalue weighted by Gasteiger charge is 2.61. The van der Waals surface area contributed by atoms with E-state index in [0.717, 1.165) is 10.9 Å². The molecule has 4 heteroatoms. The Kier molecular flexibility index (Phi) is 2.82. The van der Waals surface area contributed by atoms with Crippen LogP contribution < -0.4 is 0 Å². The van der Waals surface area contributed by atoms with Gasteiger partial charge in [-0.25, -0.2) is 0 Å². The molecule has 0 amide bonds. The van der Waals surface area contributed by atoms with Crippen LogP contribution >= 0.6 is 0 Å². The van der Waals surface area contributed by atoms with E-state index in [4.69, 9.17) is 9.47 Å². The van der Waals surface area contributed by atoms with E-state index in [1.807, 2.05) is 0 Å². The van der Waals surface area contributed by atoms with Gasteiger partial charge in [-0.1, -0.05) is 54.6 Å². The zero-order valence-electron chi connectivity index (χ0n) is 14.1. The molecule has 0 unspecified atom stereocenters. The van der Waals surface area contributed by atoms with Crippen molar-refractivity contribution >= 4 is 32.3 Å². The molecule has 6 rings (SSSR count). The highest BCUT2D eigenvalue weighted by Crippen LogP contribution is 2.49. The Morgan fingerprint density at radius 2 is 1.62 bits per heavy atom. The van der Waals surface area contributed by atoms with Crippen molar-refractivity contribution < 1.29 is 19.7 Å². The molecule has 4 atom stereocenters. The number of hydrogen-bond donors (Lipinski definition) is 2. The van der Waals surface area contributed by atoms with Gasteiger partial charge in [-0.3, -0.25) is 0 Å². The molecular weight excluding hydrogens is 328 g/mol. The Morgan fingerprint density at radius 3 is 2.35 bits per heavy atom. The maximum absolute atomic E-state index is 10.5. The first-order valence-corrected chi connectivity index (χ1v) is 8.97. The third kappa shape index (κ3) is 1.68. The summed E-state index contributed by atoms with van der Waals surface area (Å²) >= 11 is 0. The molecule has 26 heavy (non-hydrogen) atoms. The summed E-state index contributed by atoms with van der Waals surface area (Å²) < 4.78 is 11.9. The van der Waals surface area contributed by atoms with Crippen molar-refractivity contribution in [3.63, 3.8) is 0 Å². The van der Waals surface area contributed by atoms with Gasteiger partial charge in [0, 0.05) is 0 Å². The van der Waals surface area contributed by atoms with E-state index < -0.39 is 17.8 Å². The van der Waals surface area contributed by atoms with Gasteiger partial charge >= 0.3 is 0 Å². The van der Waals surface area contributed by atoms with Crippen LogP contribution in [0.25, 0.3) is 32.3 Å². The van der Waals surface area contributed by atoms with Gasteiger partial charge in [0.25, 0.3) is 0 Å². The van der Waals surface area contributed by atoms with Crippen LogP contribution in [0.3, 0.4) is 0 Å². The van der Waals surface area contributed by atoms with E-state index in [1.54, 1.807) is 0 Å². The number of aliphatic hydroxyl groups excluding tert-OH is 2. The fourth-order valence-corrected chi connectivity index (χ4v) is 4.81. The van der Waals surface area contributed by atoms with Crippen molar-refractivity contribution in [3.05, 3.63) is 60.2 Å². The monoisotopic (exact) mass is 346 g/mol. The van der Waals surface area contributed by atoms with Gasteiger partial charge in [-0.2, -0.15) is 0 Å². The van der Waals surface area contributed by atoms with Crippen molar-refractivity contribution in [2.24, 2.45) is 0 Å². The maximum Gasteiger partial charge on any atom is 0.144 e. The molecule has 0 saturated carbocycles. The number of aliphatic hydroxyl groups is 2. The minimum absolute atomic E-state index is 0.234. The van der Waals surface area contributed by atoms with E-state index >= 15 is 0 Å². The van der Waals surface area contributed by atoms with E-state index in [9.17, 15) is 10.2 Å². The molecule has 2 bridgehead atoms. The lowest BCUT2D eigenvalue weighted by atomic mass is 9.89. The smallest absolute Gasteiger partial charge is 0.144 e. The van der Waals surface area contributed by atoms with Crippen LogP contribution in [-0.4, -0.2) is 41.2 Å². The fraction of sp³-hybridized carbons (Fsp3) is 0.273. The molecule has 0 aromatic heterocycles. The Hall–Kier alpha value is -2.24. The fourth-order valence-electron chi connectivity index (χ4n) is 4.81. The van der Waals surface area contributed by atoms with E-state index in [1.165, 1.54) is 26.9 Å². The topological polar surface area (TPSA) is 58.9 Å². The van der Waals surface area contributed by atoms with Crippen molar-refractivity contribution in [1.82, 2.24) is 0 Å². The molecule has 4 nitrogen and oxygen atoms in total. The highest BCUT2D eigenvalue weighted by atomic mass is 16.6. The molecule has 2 heterocycles. The average molecular weight is 346 g/mol. The molecule has 2 N–H and O–H groups in total. The second kappa shape index (κ2) is 4.93. The number of benzene rings is 4. The molecule has 4 aromatic rings. The van der Waals surface area contributed by atoms with Gasteiger partial charge in [0.15, 0.2) is 0 Å².